The number of pyridine rings is 1. The van der Waals surface area contributed by atoms with Crippen LogP contribution in [-0.4, -0.2) is 15.8 Å². The lowest BCUT2D eigenvalue weighted by atomic mass is 10.1. The number of para-hydroxylation sites is 1. The van der Waals surface area contributed by atoms with Crippen LogP contribution in [0.25, 0.3) is 0 Å². The number of nitrogens with one attached hydrogen (secondary N) is 2. The predicted molar refractivity (Wildman–Crippen MR) is 80.8 cm³/mol. The quantitative estimate of drug-likeness (QED) is 0.441. The van der Waals surface area contributed by atoms with E-state index in [2.05, 4.69) is 31.7 Å². The van der Waals surface area contributed by atoms with Crippen molar-refractivity contribution >= 4 is 38.9 Å². The Labute approximate surface area is 127 Å². The Hall–Kier alpha value is -2.52. The van der Waals surface area contributed by atoms with Crippen molar-refractivity contribution in [3.05, 3.63) is 56.8 Å². The molecular weight excluding hydrogens is 342 g/mol. The summed E-state index contributed by atoms with van der Waals surface area (Å²) in [6.07, 6.45) is 3.03. The Morgan fingerprint density at radius 1 is 1.38 bits per heavy atom. The van der Waals surface area contributed by atoms with Crippen molar-refractivity contribution < 1.29 is 9.72 Å². The molecule has 0 aliphatic rings. The van der Waals surface area contributed by atoms with Gasteiger partial charge in [-0.2, -0.15) is 0 Å². The highest BCUT2D eigenvalue weighted by molar-refractivity contribution is 9.10. The first kappa shape index (κ1) is 14.9. The molecule has 4 N–H and O–H groups in total. The van der Waals surface area contributed by atoms with E-state index in [4.69, 9.17) is 5.84 Å². The minimum absolute atomic E-state index is 0.0508. The Morgan fingerprint density at radius 2 is 2.14 bits per heavy atom. The van der Waals surface area contributed by atoms with Gasteiger partial charge in [0.1, 0.15) is 5.69 Å². The average Bonchev–Trinajstić information content (AvgIpc) is 2.48. The van der Waals surface area contributed by atoms with Gasteiger partial charge in [-0.3, -0.25) is 25.7 Å². The highest BCUT2D eigenvalue weighted by atomic mass is 79.9. The zero-order valence-corrected chi connectivity index (χ0v) is 12.1. The van der Waals surface area contributed by atoms with E-state index >= 15 is 0 Å². The number of hydrogen-bond acceptors (Lipinski definition) is 6. The fourth-order valence-corrected chi connectivity index (χ4v) is 2.05. The Kier molecular flexibility index (Phi) is 4.45. The lowest BCUT2D eigenvalue weighted by Gasteiger charge is -2.10. The Balaban J connectivity index is 2.38. The van der Waals surface area contributed by atoms with Crippen molar-refractivity contribution in [2.24, 2.45) is 5.84 Å². The molecule has 2 aromatic rings. The fraction of sp³-hybridized carbons (Fsp3) is 0. The van der Waals surface area contributed by atoms with Crippen LogP contribution in [0.1, 0.15) is 10.4 Å². The van der Waals surface area contributed by atoms with Crippen molar-refractivity contribution in [3.63, 3.8) is 0 Å². The maximum absolute atomic E-state index is 12.3. The number of nitrogens with two attached hydrogens (primary N) is 1. The molecule has 1 amide bonds. The Morgan fingerprint density at radius 3 is 2.76 bits per heavy atom. The first-order valence-corrected chi connectivity index (χ1v) is 6.48. The second-order valence-corrected chi connectivity index (χ2v) is 4.77. The van der Waals surface area contributed by atoms with E-state index in [1.54, 1.807) is 6.07 Å². The number of hydrazine groups is 1. The summed E-state index contributed by atoms with van der Waals surface area (Å²) < 4.78 is 0.589. The van der Waals surface area contributed by atoms with E-state index in [0.717, 1.165) is 0 Å². The highest BCUT2D eigenvalue weighted by Crippen LogP contribution is 2.28. The third-order valence-corrected chi connectivity index (χ3v) is 3.28. The van der Waals surface area contributed by atoms with Crippen molar-refractivity contribution in [2.75, 3.05) is 10.7 Å². The van der Waals surface area contributed by atoms with Crippen molar-refractivity contribution in [3.8, 4) is 0 Å². The van der Waals surface area contributed by atoms with Crippen LogP contribution in [0.3, 0.4) is 0 Å². The summed E-state index contributed by atoms with van der Waals surface area (Å²) >= 11 is 3.24. The number of nitrogen functional groups attached to an aromatic ring is 1. The van der Waals surface area contributed by atoms with Gasteiger partial charge in [-0.05, 0) is 28.1 Å². The van der Waals surface area contributed by atoms with Crippen LogP contribution in [-0.2, 0) is 0 Å². The van der Waals surface area contributed by atoms with E-state index in [-0.39, 0.29) is 16.9 Å². The summed E-state index contributed by atoms with van der Waals surface area (Å²) in [5.41, 5.74) is 2.43. The number of rotatable bonds is 4. The number of nitrogens with zero attached hydrogens (tertiary/aromatic N) is 2. The summed E-state index contributed by atoms with van der Waals surface area (Å²) in [4.78, 5) is 26.4. The molecule has 0 unspecified atom stereocenters. The van der Waals surface area contributed by atoms with Crippen molar-refractivity contribution in [1.29, 1.82) is 0 Å². The molecule has 0 saturated carbocycles. The monoisotopic (exact) mass is 351 g/mol. The van der Waals surface area contributed by atoms with E-state index in [1.807, 2.05) is 0 Å². The number of hydrogen-bond donors (Lipinski definition) is 3. The van der Waals surface area contributed by atoms with E-state index < -0.39 is 10.8 Å². The van der Waals surface area contributed by atoms with Crippen molar-refractivity contribution in [2.45, 2.75) is 0 Å². The molecule has 108 valence electrons. The van der Waals surface area contributed by atoms with Crippen LogP contribution < -0.4 is 16.6 Å². The molecule has 0 spiro atoms. The average molecular weight is 352 g/mol. The van der Waals surface area contributed by atoms with Gasteiger partial charge >= 0.3 is 0 Å². The molecule has 9 heteroatoms. The van der Waals surface area contributed by atoms with Crippen LogP contribution in [0.5, 0.6) is 0 Å². The SMILES string of the molecule is NNc1c(C(=O)Nc2ccncc2Br)cccc1[N+](=O)[O-]. The van der Waals surface area contributed by atoms with Crippen LogP contribution in [0.4, 0.5) is 17.1 Å². The number of amides is 1. The summed E-state index contributed by atoms with van der Waals surface area (Å²) in [6.45, 7) is 0. The van der Waals surface area contributed by atoms with E-state index in [1.165, 1.54) is 30.6 Å². The number of nitro benzene ring substituents is 1. The molecule has 0 atom stereocenters. The van der Waals surface area contributed by atoms with Gasteiger partial charge in [0, 0.05) is 18.5 Å². The Bertz CT molecular complexity index is 707. The van der Waals surface area contributed by atoms with Gasteiger partial charge in [-0.25, -0.2) is 0 Å². The molecule has 0 fully saturated rings. The lowest BCUT2D eigenvalue weighted by molar-refractivity contribution is -0.384. The molecular formula is C12H10BrN5O3. The van der Waals surface area contributed by atoms with Gasteiger partial charge < -0.3 is 10.7 Å². The molecule has 0 aliphatic heterocycles. The fourth-order valence-electron chi connectivity index (χ4n) is 1.70. The van der Waals surface area contributed by atoms with Gasteiger partial charge in [-0.15, -0.1) is 0 Å². The second-order valence-electron chi connectivity index (χ2n) is 3.91. The third-order valence-electron chi connectivity index (χ3n) is 2.65. The summed E-state index contributed by atoms with van der Waals surface area (Å²) in [5, 5.41) is 13.6. The van der Waals surface area contributed by atoms with Gasteiger partial charge in [-0.1, -0.05) is 6.07 Å². The molecule has 1 aromatic carbocycles. The van der Waals surface area contributed by atoms with Crippen LogP contribution in [0.15, 0.2) is 41.1 Å². The number of benzene rings is 1. The van der Waals surface area contributed by atoms with Crippen LogP contribution >= 0.6 is 15.9 Å². The molecule has 21 heavy (non-hydrogen) atoms. The van der Waals surface area contributed by atoms with Gasteiger partial charge in [0.15, 0.2) is 0 Å². The number of halogens is 1. The molecule has 2 rings (SSSR count). The maximum Gasteiger partial charge on any atom is 0.294 e. The largest absolute Gasteiger partial charge is 0.321 e. The molecule has 0 radical (unpaired) electrons. The first-order chi connectivity index (χ1) is 10.0. The minimum Gasteiger partial charge on any atom is -0.321 e. The predicted octanol–water partition coefficient (Wildman–Crippen LogP) is 2.29. The van der Waals surface area contributed by atoms with E-state index in [9.17, 15) is 14.9 Å². The van der Waals surface area contributed by atoms with Gasteiger partial charge in [0.05, 0.1) is 20.6 Å². The first-order valence-electron chi connectivity index (χ1n) is 5.69. The number of nitro groups is 1. The van der Waals surface area contributed by atoms with Crippen molar-refractivity contribution in [1.82, 2.24) is 4.98 Å². The van der Waals surface area contributed by atoms with Crippen LogP contribution in [0, 0.1) is 10.1 Å². The smallest absolute Gasteiger partial charge is 0.294 e. The molecule has 8 nitrogen and oxygen atoms in total. The lowest BCUT2D eigenvalue weighted by Crippen LogP contribution is -2.18. The zero-order valence-electron chi connectivity index (χ0n) is 10.5. The number of carbonyl (C=O) groups excluding carboxylic acids is 1. The minimum atomic E-state index is -0.617. The highest BCUT2D eigenvalue weighted by Gasteiger charge is 2.21. The topological polar surface area (TPSA) is 123 Å². The maximum atomic E-state index is 12.3. The van der Waals surface area contributed by atoms with E-state index in [0.29, 0.717) is 10.2 Å². The molecule has 0 bridgehead atoms. The number of aromatic nitrogens is 1. The second kappa shape index (κ2) is 6.29. The normalized spacial score (nSPS) is 10.0. The zero-order chi connectivity index (χ0) is 15.4. The van der Waals surface area contributed by atoms with Crippen LogP contribution in [0.2, 0.25) is 0 Å². The summed E-state index contributed by atoms with van der Waals surface area (Å²) in [7, 11) is 0. The summed E-state index contributed by atoms with van der Waals surface area (Å²) in [5.74, 6) is 4.77. The molecule has 0 saturated heterocycles. The summed E-state index contributed by atoms with van der Waals surface area (Å²) in [6, 6.07) is 5.70. The molecule has 1 aromatic heterocycles. The van der Waals surface area contributed by atoms with Gasteiger partial charge in [0.2, 0.25) is 0 Å². The molecule has 0 aliphatic carbocycles. The standard InChI is InChI=1S/C12H10BrN5O3/c13-8-6-15-5-4-9(8)16-12(19)7-2-1-3-10(18(20)21)11(7)17-14/h1-6,17H,14H2,(H,15,16,19). The molecule has 1 heterocycles. The van der Waals surface area contributed by atoms with Gasteiger partial charge in [0.25, 0.3) is 11.6 Å². The number of anilines is 2. The number of carbonyl (C=O) groups is 1. The third kappa shape index (κ3) is 3.15.